The molecule has 1 heterocycles. The van der Waals surface area contributed by atoms with Crippen molar-refractivity contribution in [3.8, 4) is 5.75 Å². The van der Waals surface area contributed by atoms with Crippen LogP contribution in [-0.4, -0.2) is 25.0 Å². The van der Waals surface area contributed by atoms with E-state index in [0.717, 1.165) is 41.0 Å². The van der Waals surface area contributed by atoms with Crippen LogP contribution in [0.5, 0.6) is 5.75 Å². The van der Waals surface area contributed by atoms with Gasteiger partial charge in [-0.1, -0.05) is 18.2 Å². The molecule has 1 N–H and O–H groups in total. The Morgan fingerprint density at radius 3 is 2.69 bits per heavy atom. The van der Waals surface area contributed by atoms with E-state index in [1.165, 1.54) is 12.1 Å². The summed E-state index contributed by atoms with van der Waals surface area (Å²) in [6, 6.07) is 10.4. The zero-order valence-corrected chi connectivity index (χ0v) is 20.2. The Balaban J connectivity index is 0.000000344. The van der Waals surface area contributed by atoms with E-state index in [-0.39, 0.29) is 17.1 Å². The van der Waals surface area contributed by atoms with Crippen molar-refractivity contribution in [3.05, 3.63) is 71.4 Å². The van der Waals surface area contributed by atoms with Crippen molar-refractivity contribution in [2.45, 2.75) is 52.0 Å². The molecule has 1 unspecified atom stereocenters. The first-order valence-corrected chi connectivity index (χ1v) is 11.2. The topological polar surface area (TPSA) is 50.8 Å². The van der Waals surface area contributed by atoms with Crippen molar-refractivity contribution in [3.63, 3.8) is 0 Å². The summed E-state index contributed by atoms with van der Waals surface area (Å²) < 4.78 is 23.8. The third kappa shape index (κ3) is 7.48. The molecule has 1 amide bonds. The molecule has 3 rings (SSSR count). The van der Waals surface area contributed by atoms with Crippen LogP contribution in [0.3, 0.4) is 0 Å². The van der Waals surface area contributed by atoms with Crippen LogP contribution in [0.4, 0.5) is 10.1 Å². The Morgan fingerprint density at radius 2 is 2.06 bits per heavy atom. The fourth-order valence-electron chi connectivity index (χ4n) is 3.55. The number of thiol groups is 1. The maximum atomic E-state index is 13.4. The number of carbonyl (C=O) groups excluding carboxylic acids is 1. The summed E-state index contributed by atoms with van der Waals surface area (Å²) in [5.41, 5.74) is 3.86. The summed E-state index contributed by atoms with van der Waals surface area (Å²) >= 11 is 4.08. The molecule has 0 aromatic heterocycles. The smallest absolute Gasteiger partial charge is 0.227 e. The normalized spacial score (nSPS) is 13.8. The van der Waals surface area contributed by atoms with Crippen LogP contribution < -0.4 is 15.0 Å². The zero-order valence-electron chi connectivity index (χ0n) is 19.3. The molecule has 0 radical (unpaired) electrons. The second kappa shape index (κ2) is 12.4. The summed E-state index contributed by atoms with van der Waals surface area (Å²) in [5.74, 6) is 1.13. The Kier molecular flexibility index (Phi) is 9.91. The number of hydrogen-bond acceptors (Lipinski definition) is 5. The number of amides is 1. The van der Waals surface area contributed by atoms with Gasteiger partial charge in [-0.15, -0.1) is 0 Å². The number of methoxy groups -OCH3 is 1. The molecule has 0 fully saturated rings. The van der Waals surface area contributed by atoms with Crippen molar-refractivity contribution in [1.29, 1.82) is 0 Å². The molecule has 0 bridgehead atoms. The quantitative estimate of drug-likeness (QED) is 0.331. The molecule has 1 atom stereocenters. The van der Waals surface area contributed by atoms with Gasteiger partial charge >= 0.3 is 0 Å². The number of aryl methyl sites for hydroxylation is 2. The second-order valence-corrected chi connectivity index (χ2v) is 8.36. The number of nitrogens with zero attached hydrogens (tertiary/aromatic N) is 1. The first-order chi connectivity index (χ1) is 15.2. The molecule has 7 heteroatoms. The Hall–Kier alpha value is -2.67. The fraction of sp³-hybridized carbons (Fsp3) is 0.400. The van der Waals surface area contributed by atoms with Gasteiger partial charge in [-0.3, -0.25) is 4.79 Å². The van der Waals surface area contributed by atoms with Crippen LogP contribution in [0, 0.1) is 12.7 Å². The van der Waals surface area contributed by atoms with Gasteiger partial charge in [0, 0.05) is 12.5 Å². The van der Waals surface area contributed by atoms with Crippen LogP contribution >= 0.6 is 12.6 Å². The lowest BCUT2D eigenvalue weighted by molar-refractivity contribution is -0.118. The number of nitrogens with one attached hydrogen (secondary N) is 1. The van der Waals surface area contributed by atoms with E-state index in [9.17, 15) is 9.18 Å². The van der Waals surface area contributed by atoms with Gasteiger partial charge in [0.15, 0.2) is 5.88 Å². The lowest BCUT2D eigenvalue weighted by Crippen LogP contribution is -2.29. The van der Waals surface area contributed by atoms with Crippen molar-refractivity contribution < 1.29 is 18.7 Å². The first-order valence-electron chi connectivity index (χ1n) is 10.7. The number of carbonyl (C=O) groups is 1. The van der Waals surface area contributed by atoms with Gasteiger partial charge in [0.25, 0.3) is 0 Å². The number of benzene rings is 2. The Labute approximate surface area is 196 Å². The van der Waals surface area contributed by atoms with Crippen LogP contribution in [0.1, 0.15) is 43.4 Å². The molecular weight excluding hydrogens is 427 g/mol. The minimum atomic E-state index is -0.286. The summed E-state index contributed by atoms with van der Waals surface area (Å²) in [5, 5.41) is 2.99. The minimum absolute atomic E-state index is 0.0684. The minimum Gasteiger partial charge on any atom is -0.496 e. The molecule has 0 spiro atoms. The van der Waals surface area contributed by atoms with Gasteiger partial charge in [0.2, 0.25) is 5.91 Å². The van der Waals surface area contributed by atoms with E-state index in [0.29, 0.717) is 25.5 Å². The Morgan fingerprint density at radius 1 is 1.31 bits per heavy atom. The Bertz CT molecular complexity index is 933. The van der Waals surface area contributed by atoms with Gasteiger partial charge in [-0.05, 0) is 69.0 Å². The van der Waals surface area contributed by atoms with E-state index in [1.54, 1.807) is 18.1 Å². The maximum absolute atomic E-state index is 13.4. The molecule has 1 aliphatic rings. The highest BCUT2D eigenvalue weighted by molar-refractivity contribution is 7.80. The number of halogens is 1. The average Bonchev–Trinajstić information content (AvgIpc) is 2.86. The number of fused-ring (bicyclic) bond motifs is 1. The van der Waals surface area contributed by atoms with E-state index in [4.69, 9.17) is 9.47 Å². The predicted molar refractivity (Wildman–Crippen MR) is 131 cm³/mol. The van der Waals surface area contributed by atoms with Crippen LogP contribution in [0.25, 0.3) is 0 Å². The third-order valence-electron chi connectivity index (χ3n) is 4.94. The molecule has 0 aliphatic carbocycles. The maximum Gasteiger partial charge on any atom is 0.227 e. The predicted octanol–water partition coefficient (Wildman–Crippen LogP) is 5.37. The third-order valence-corrected chi connectivity index (χ3v) is 5.07. The number of hydrogen-bond donors (Lipinski definition) is 2. The van der Waals surface area contributed by atoms with Gasteiger partial charge in [0.05, 0.1) is 31.3 Å². The van der Waals surface area contributed by atoms with Crippen molar-refractivity contribution in [2.24, 2.45) is 0 Å². The molecule has 174 valence electrons. The highest BCUT2D eigenvalue weighted by Gasteiger charge is 2.24. The molecular formula is C25H33FN2O3S. The first kappa shape index (κ1) is 25.6. The summed E-state index contributed by atoms with van der Waals surface area (Å²) in [4.78, 5) is 14.3. The summed E-state index contributed by atoms with van der Waals surface area (Å²) in [6.45, 7) is 10.4. The van der Waals surface area contributed by atoms with Crippen molar-refractivity contribution in [1.82, 2.24) is 5.32 Å². The van der Waals surface area contributed by atoms with Gasteiger partial charge < -0.3 is 19.7 Å². The highest BCUT2D eigenvalue weighted by Crippen LogP contribution is 2.34. The van der Waals surface area contributed by atoms with Crippen molar-refractivity contribution in [2.75, 3.05) is 18.6 Å². The molecule has 0 saturated carbocycles. The van der Waals surface area contributed by atoms with E-state index in [2.05, 4.69) is 30.6 Å². The SMILES string of the molecule is C=C(NC(C)S)OCC.COc1cc2c(cc1C)CCCC(=O)N2Cc1cccc(F)c1. The molecule has 5 nitrogen and oxygen atoms in total. The van der Waals surface area contributed by atoms with Crippen LogP contribution in [-0.2, 0) is 22.5 Å². The highest BCUT2D eigenvalue weighted by atomic mass is 32.1. The van der Waals surface area contributed by atoms with Gasteiger partial charge in [-0.25, -0.2) is 4.39 Å². The van der Waals surface area contributed by atoms with E-state index in [1.807, 2.05) is 32.9 Å². The average molecular weight is 461 g/mol. The van der Waals surface area contributed by atoms with Crippen molar-refractivity contribution >= 4 is 24.2 Å². The lowest BCUT2D eigenvalue weighted by atomic mass is 10.0. The molecule has 32 heavy (non-hydrogen) atoms. The van der Waals surface area contributed by atoms with E-state index < -0.39 is 0 Å². The summed E-state index contributed by atoms with van der Waals surface area (Å²) in [7, 11) is 1.63. The second-order valence-electron chi connectivity index (χ2n) is 7.59. The molecule has 0 saturated heterocycles. The standard InChI is InChI=1S/C19H20FNO2.C6H13NOS/c1-13-9-15-6-4-8-19(22)21(17(15)11-18(13)23-2)12-14-5-3-7-16(20)10-14;1-4-8-5(2)7-6(3)9/h3,5,7,9-11H,4,6,8,12H2,1-2H3;6-7,9H,2,4H2,1,3H3. The fourth-order valence-corrected chi connectivity index (χ4v) is 3.69. The monoisotopic (exact) mass is 460 g/mol. The van der Waals surface area contributed by atoms with Gasteiger partial charge in [0.1, 0.15) is 11.6 Å². The van der Waals surface area contributed by atoms with Crippen LogP contribution in [0.2, 0.25) is 0 Å². The van der Waals surface area contributed by atoms with Gasteiger partial charge in [-0.2, -0.15) is 12.6 Å². The molecule has 2 aromatic rings. The summed E-state index contributed by atoms with van der Waals surface area (Å²) in [6.07, 6.45) is 2.20. The number of rotatable bonds is 7. The zero-order chi connectivity index (χ0) is 23.7. The van der Waals surface area contributed by atoms with E-state index >= 15 is 0 Å². The van der Waals surface area contributed by atoms with Crippen LogP contribution in [0.15, 0.2) is 48.9 Å². The number of anilines is 1. The largest absolute Gasteiger partial charge is 0.496 e. The molecule has 2 aromatic carbocycles. The number of ether oxygens (including phenoxy) is 2. The lowest BCUT2D eigenvalue weighted by Gasteiger charge is -2.24. The molecule has 1 aliphatic heterocycles.